The molecule has 98 valence electrons. The van der Waals surface area contributed by atoms with Crippen molar-refractivity contribution in [1.29, 1.82) is 0 Å². The number of rotatable bonds is 0. The molecule has 0 spiro atoms. The normalized spacial score (nSPS) is 23.4. The standard InChI is InChI=1S/C18H16N2/c1-2-5-13-11(4-1)9-20-16-8-12-10-19-15-7-3-6-14(17(12)15)18(13)16/h1-7,10,16,18-20H,8-9H2. The Kier molecular flexibility index (Phi) is 2.00. The van der Waals surface area contributed by atoms with Crippen LogP contribution in [0.3, 0.4) is 0 Å². The molecule has 2 N–H and O–H groups in total. The third-order valence-electron chi connectivity index (χ3n) is 4.94. The summed E-state index contributed by atoms with van der Waals surface area (Å²) in [5.41, 5.74) is 7.18. The molecule has 2 aliphatic rings. The van der Waals surface area contributed by atoms with Crippen LogP contribution >= 0.6 is 0 Å². The van der Waals surface area contributed by atoms with Gasteiger partial charge in [-0.05, 0) is 34.7 Å². The van der Waals surface area contributed by atoms with Gasteiger partial charge in [-0.15, -0.1) is 0 Å². The monoisotopic (exact) mass is 260 g/mol. The minimum atomic E-state index is 0.493. The van der Waals surface area contributed by atoms with Crippen molar-refractivity contribution >= 4 is 10.9 Å². The Labute approximate surface area is 117 Å². The van der Waals surface area contributed by atoms with E-state index in [1.165, 1.54) is 33.2 Å². The molecule has 20 heavy (non-hydrogen) atoms. The molecule has 5 rings (SSSR count). The lowest BCUT2D eigenvalue weighted by Gasteiger charge is -2.38. The summed E-state index contributed by atoms with van der Waals surface area (Å²) in [6.07, 6.45) is 3.31. The van der Waals surface area contributed by atoms with E-state index in [1.807, 2.05) is 0 Å². The van der Waals surface area contributed by atoms with Gasteiger partial charge in [0.25, 0.3) is 0 Å². The van der Waals surface area contributed by atoms with Gasteiger partial charge in [0.05, 0.1) is 0 Å². The van der Waals surface area contributed by atoms with Crippen LogP contribution < -0.4 is 5.32 Å². The topological polar surface area (TPSA) is 27.8 Å². The van der Waals surface area contributed by atoms with Crippen molar-refractivity contribution in [2.45, 2.75) is 24.9 Å². The highest BCUT2D eigenvalue weighted by molar-refractivity contribution is 5.89. The number of hydrogen-bond donors (Lipinski definition) is 2. The second-order valence-corrected chi connectivity index (χ2v) is 5.95. The second-order valence-electron chi connectivity index (χ2n) is 5.95. The van der Waals surface area contributed by atoms with Gasteiger partial charge in [0.2, 0.25) is 0 Å². The van der Waals surface area contributed by atoms with Crippen molar-refractivity contribution < 1.29 is 0 Å². The van der Waals surface area contributed by atoms with E-state index in [0.29, 0.717) is 12.0 Å². The molecule has 0 radical (unpaired) electrons. The van der Waals surface area contributed by atoms with Crippen molar-refractivity contribution in [1.82, 2.24) is 10.3 Å². The molecule has 1 aliphatic carbocycles. The van der Waals surface area contributed by atoms with Crippen LogP contribution in [-0.2, 0) is 13.0 Å². The van der Waals surface area contributed by atoms with Crippen LogP contribution in [0.25, 0.3) is 10.9 Å². The Bertz CT molecular complexity index is 815. The molecule has 2 atom stereocenters. The predicted molar refractivity (Wildman–Crippen MR) is 80.9 cm³/mol. The first-order chi connectivity index (χ1) is 9.92. The van der Waals surface area contributed by atoms with E-state index in [9.17, 15) is 0 Å². The van der Waals surface area contributed by atoms with Gasteiger partial charge < -0.3 is 10.3 Å². The Balaban J connectivity index is 1.83. The number of aromatic amines is 1. The third-order valence-corrected chi connectivity index (χ3v) is 4.94. The summed E-state index contributed by atoms with van der Waals surface area (Å²) in [4.78, 5) is 3.43. The molecule has 1 aromatic heterocycles. The summed E-state index contributed by atoms with van der Waals surface area (Å²) in [7, 11) is 0. The molecule has 2 heterocycles. The molecule has 2 aromatic carbocycles. The average molecular weight is 260 g/mol. The van der Waals surface area contributed by atoms with Gasteiger partial charge in [-0.2, -0.15) is 0 Å². The lowest BCUT2D eigenvalue weighted by molar-refractivity contribution is 0.429. The van der Waals surface area contributed by atoms with Crippen molar-refractivity contribution in [3.63, 3.8) is 0 Å². The van der Waals surface area contributed by atoms with Crippen LogP contribution in [-0.4, -0.2) is 11.0 Å². The van der Waals surface area contributed by atoms with Gasteiger partial charge in [0.1, 0.15) is 0 Å². The van der Waals surface area contributed by atoms with Crippen LogP contribution in [0, 0.1) is 0 Å². The summed E-state index contributed by atoms with van der Waals surface area (Å²) >= 11 is 0. The molecule has 0 fully saturated rings. The zero-order valence-corrected chi connectivity index (χ0v) is 11.2. The van der Waals surface area contributed by atoms with E-state index in [-0.39, 0.29) is 0 Å². The Morgan fingerprint density at radius 2 is 1.80 bits per heavy atom. The number of nitrogens with one attached hydrogen (secondary N) is 2. The average Bonchev–Trinajstić information content (AvgIpc) is 2.92. The number of H-pyrrole nitrogens is 1. The van der Waals surface area contributed by atoms with Crippen LogP contribution in [0.1, 0.15) is 28.2 Å². The third kappa shape index (κ3) is 1.27. The molecular weight excluding hydrogens is 244 g/mol. The molecule has 2 nitrogen and oxygen atoms in total. The summed E-state index contributed by atoms with van der Waals surface area (Å²) in [6.45, 7) is 0.993. The minimum Gasteiger partial charge on any atom is -0.361 e. The summed E-state index contributed by atoms with van der Waals surface area (Å²) in [5, 5.41) is 5.19. The van der Waals surface area contributed by atoms with Gasteiger partial charge in [-0.25, -0.2) is 0 Å². The molecule has 0 amide bonds. The zero-order valence-electron chi connectivity index (χ0n) is 11.2. The Hall–Kier alpha value is -2.06. The molecule has 2 unspecified atom stereocenters. The lowest BCUT2D eigenvalue weighted by atomic mass is 9.73. The molecule has 2 heteroatoms. The highest BCUT2D eigenvalue weighted by Gasteiger charge is 2.35. The predicted octanol–water partition coefficient (Wildman–Crippen LogP) is 3.33. The van der Waals surface area contributed by atoms with Crippen molar-refractivity contribution in [3.8, 4) is 0 Å². The van der Waals surface area contributed by atoms with Crippen LogP contribution in [0.2, 0.25) is 0 Å². The smallest absolute Gasteiger partial charge is 0.0459 e. The summed E-state index contributed by atoms with van der Waals surface area (Å²) in [5.74, 6) is 0.493. The zero-order chi connectivity index (χ0) is 13.1. The number of benzene rings is 2. The van der Waals surface area contributed by atoms with E-state index < -0.39 is 0 Å². The first-order valence-electron chi connectivity index (χ1n) is 7.32. The van der Waals surface area contributed by atoms with E-state index in [0.717, 1.165) is 13.0 Å². The van der Waals surface area contributed by atoms with Crippen LogP contribution in [0.4, 0.5) is 0 Å². The van der Waals surface area contributed by atoms with Crippen LogP contribution in [0.5, 0.6) is 0 Å². The molecule has 0 saturated heterocycles. The fourth-order valence-electron chi connectivity index (χ4n) is 4.09. The van der Waals surface area contributed by atoms with Crippen molar-refractivity contribution in [2.24, 2.45) is 0 Å². The fourth-order valence-corrected chi connectivity index (χ4v) is 4.09. The van der Waals surface area contributed by atoms with Crippen molar-refractivity contribution in [2.75, 3.05) is 0 Å². The maximum atomic E-state index is 3.74. The fraction of sp³-hybridized carbons (Fsp3) is 0.222. The number of aromatic nitrogens is 1. The Morgan fingerprint density at radius 3 is 2.80 bits per heavy atom. The second kappa shape index (κ2) is 3.74. The first-order valence-corrected chi connectivity index (χ1v) is 7.32. The maximum absolute atomic E-state index is 3.74. The number of hydrogen-bond acceptors (Lipinski definition) is 1. The van der Waals surface area contributed by atoms with Gasteiger partial charge in [0.15, 0.2) is 0 Å². The lowest BCUT2D eigenvalue weighted by Crippen LogP contribution is -2.42. The minimum absolute atomic E-state index is 0.493. The van der Waals surface area contributed by atoms with E-state index in [4.69, 9.17) is 0 Å². The maximum Gasteiger partial charge on any atom is 0.0459 e. The van der Waals surface area contributed by atoms with E-state index >= 15 is 0 Å². The van der Waals surface area contributed by atoms with E-state index in [2.05, 4.69) is 59.0 Å². The van der Waals surface area contributed by atoms with Gasteiger partial charge >= 0.3 is 0 Å². The first kappa shape index (κ1) is 10.7. The molecule has 1 aliphatic heterocycles. The molecule has 0 saturated carbocycles. The Morgan fingerprint density at radius 1 is 0.900 bits per heavy atom. The highest BCUT2D eigenvalue weighted by atomic mass is 14.9. The highest BCUT2D eigenvalue weighted by Crippen LogP contribution is 2.43. The quantitative estimate of drug-likeness (QED) is 0.637. The largest absolute Gasteiger partial charge is 0.361 e. The van der Waals surface area contributed by atoms with Gasteiger partial charge in [-0.3, -0.25) is 0 Å². The number of fused-ring (bicyclic) bond motifs is 4. The van der Waals surface area contributed by atoms with Crippen molar-refractivity contribution in [3.05, 3.63) is 70.9 Å². The summed E-state index contributed by atoms with van der Waals surface area (Å²) in [6, 6.07) is 16.1. The summed E-state index contributed by atoms with van der Waals surface area (Å²) < 4.78 is 0. The van der Waals surface area contributed by atoms with E-state index in [1.54, 1.807) is 0 Å². The van der Waals surface area contributed by atoms with Gasteiger partial charge in [-0.1, -0.05) is 36.4 Å². The SMILES string of the molecule is c1ccc2c(c1)CNC1Cc3c[nH]c4cccc(c34)C21. The van der Waals surface area contributed by atoms with Gasteiger partial charge in [0, 0.05) is 35.6 Å². The molecule has 0 bridgehead atoms. The molecule has 3 aromatic rings. The van der Waals surface area contributed by atoms with Crippen LogP contribution in [0.15, 0.2) is 48.7 Å². The molecular formula is C18H16N2.